The number of hydrogen-bond donors (Lipinski definition) is 1. The van der Waals surface area contributed by atoms with E-state index < -0.39 is 10.8 Å². The molecule has 3 heteroatoms. The summed E-state index contributed by atoms with van der Waals surface area (Å²) in [7, 11) is -0.831. The summed E-state index contributed by atoms with van der Waals surface area (Å²) in [5, 5.41) is 3.16. The van der Waals surface area contributed by atoms with Crippen LogP contribution in [0.25, 0.3) is 0 Å². The first-order valence-corrected chi connectivity index (χ1v) is 6.38. The second kappa shape index (κ2) is 6.40. The van der Waals surface area contributed by atoms with Crippen LogP contribution in [0.2, 0.25) is 0 Å². The van der Waals surface area contributed by atoms with Crippen molar-refractivity contribution < 1.29 is 4.21 Å². The van der Waals surface area contributed by atoms with Crippen molar-refractivity contribution in [1.82, 2.24) is 5.32 Å². The maximum atomic E-state index is 11.4. The number of nitrogens with one attached hydrogen (secondary N) is 1. The summed E-state index contributed by atoms with van der Waals surface area (Å²) >= 11 is 0. The van der Waals surface area contributed by atoms with Crippen molar-refractivity contribution in [3.63, 3.8) is 0 Å². The minimum Gasteiger partial charge on any atom is -0.386 e. The molecule has 0 fully saturated rings. The summed E-state index contributed by atoms with van der Waals surface area (Å²) in [5.41, 5.74) is 1.23. The zero-order valence-electron chi connectivity index (χ0n) is 9.19. The van der Waals surface area contributed by atoms with Crippen LogP contribution in [0.3, 0.4) is 0 Å². The van der Waals surface area contributed by atoms with E-state index in [9.17, 15) is 4.21 Å². The molecule has 1 N–H and O–H groups in total. The molecule has 15 heavy (non-hydrogen) atoms. The molecule has 0 spiro atoms. The van der Waals surface area contributed by atoms with Crippen molar-refractivity contribution in [3.05, 3.63) is 47.0 Å². The standard InChI is InChI=1S/C12H17NOS/c1-3-15(14)11(2)9-13-10-12-7-5-4-6-8-12/h4-9,13H,3,10H2,1-2H3/b11-9+. The summed E-state index contributed by atoms with van der Waals surface area (Å²) in [6.07, 6.45) is 1.84. The van der Waals surface area contributed by atoms with Crippen LogP contribution in [0.4, 0.5) is 0 Å². The van der Waals surface area contributed by atoms with Crippen LogP contribution < -0.4 is 5.32 Å². The van der Waals surface area contributed by atoms with Crippen LogP contribution in [0, 0.1) is 0 Å². The molecule has 0 saturated carbocycles. The van der Waals surface area contributed by atoms with Crippen molar-refractivity contribution in [3.8, 4) is 0 Å². The molecule has 0 saturated heterocycles. The van der Waals surface area contributed by atoms with E-state index in [1.807, 2.05) is 38.2 Å². The van der Waals surface area contributed by atoms with Crippen LogP contribution in [-0.2, 0) is 17.3 Å². The molecule has 1 unspecified atom stereocenters. The minimum atomic E-state index is -0.831. The van der Waals surface area contributed by atoms with Gasteiger partial charge in [0.15, 0.2) is 0 Å². The Morgan fingerprint density at radius 3 is 2.67 bits per heavy atom. The van der Waals surface area contributed by atoms with Gasteiger partial charge < -0.3 is 5.32 Å². The van der Waals surface area contributed by atoms with Gasteiger partial charge in [0, 0.05) is 34.2 Å². The van der Waals surface area contributed by atoms with Gasteiger partial charge in [0.2, 0.25) is 0 Å². The van der Waals surface area contributed by atoms with Gasteiger partial charge in [-0.05, 0) is 12.5 Å². The smallest absolute Gasteiger partial charge is 0.0497 e. The number of hydrogen-bond acceptors (Lipinski definition) is 2. The molecule has 0 aliphatic rings. The highest BCUT2D eigenvalue weighted by molar-refractivity contribution is 7.88. The summed E-state index contributed by atoms with van der Waals surface area (Å²) < 4.78 is 11.4. The van der Waals surface area contributed by atoms with E-state index in [4.69, 9.17) is 0 Å². The molecular formula is C12H17NOS. The van der Waals surface area contributed by atoms with E-state index in [0.717, 1.165) is 11.4 Å². The van der Waals surface area contributed by atoms with Crippen LogP contribution in [-0.4, -0.2) is 9.96 Å². The molecule has 0 aliphatic carbocycles. The Kier molecular flexibility index (Phi) is 5.12. The highest BCUT2D eigenvalue weighted by Gasteiger charge is 1.97. The topological polar surface area (TPSA) is 29.1 Å². The minimum absolute atomic E-state index is 0.676. The Labute approximate surface area is 93.9 Å². The lowest BCUT2D eigenvalue weighted by molar-refractivity contribution is 0.687. The summed E-state index contributed by atoms with van der Waals surface area (Å²) in [4.78, 5) is 0.897. The van der Waals surface area contributed by atoms with Gasteiger partial charge in [-0.15, -0.1) is 0 Å². The zero-order chi connectivity index (χ0) is 11.1. The van der Waals surface area contributed by atoms with Crippen LogP contribution in [0.5, 0.6) is 0 Å². The first kappa shape index (κ1) is 12.0. The SMILES string of the molecule is CCS(=O)/C(C)=C/NCc1ccccc1. The van der Waals surface area contributed by atoms with Crippen molar-refractivity contribution in [2.24, 2.45) is 0 Å². The maximum absolute atomic E-state index is 11.4. The third kappa shape index (κ3) is 4.30. The van der Waals surface area contributed by atoms with Crippen molar-refractivity contribution in [1.29, 1.82) is 0 Å². The molecule has 0 bridgehead atoms. The van der Waals surface area contributed by atoms with E-state index >= 15 is 0 Å². The Bertz CT molecular complexity index is 346. The van der Waals surface area contributed by atoms with Crippen molar-refractivity contribution in [2.75, 3.05) is 5.75 Å². The normalized spacial score (nSPS) is 13.6. The quantitative estimate of drug-likeness (QED) is 0.830. The molecular weight excluding hydrogens is 206 g/mol. The fourth-order valence-electron chi connectivity index (χ4n) is 1.20. The van der Waals surface area contributed by atoms with E-state index in [1.54, 1.807) is 0 Å². The molecule has 2 nitrogen and oxygen atoms in total. The van der Waals surface area contributed by atoms with Gasteiger partial charge in [-0.25, -0.2) is 0 Å². The molecule has 0 radical (unpaired) electrons. The van der Waals surface area contributed by atoms with Gasteiger partial charge >= 0.3 is 0 Å². The number of benzene rings is 1. The number of allylic oxidation sites excluding steroid dienone is 1. The van der Waals surface area contributed by atoms with Crippen molar-refractivity contribution in [2.45, 2.75) is 20.4 Å². The molecule has 1 rings (SSSR count). The lowest BCUT2D eigenvalue weighted by Crippen LogP contribution is -2.07. The highest BCUT2D eigenvalue weighted by Crippen LogP contribution is 2.00. The Morgan fingerprint density at radius 2 is 2.07 bits per heavy atom. The molecule has 1 atom stereocenters. The summed E-state index contributed by atoms with van der Waals surface area (Å²) in [6.45, 7) is 4.58. The summed E-state index contributed by atoms with van der Waals surface area (Å²) in [6, 6.07) is 10.1. The van der Waals surface area contributed by atoms with Crippen LogP contribution >= 0.6 is 0 Å². The summed E-state index contributed by atoms with van der Waals surface area (Å²) in [5.74, 6) is 0.676. The van der Waals surface area contributed by atoms with Gasteiger partial charge in [0.25, 0.3) is 0 Å². The van der Waals surface area contributed by atoms with Crippen LogP contribution in [0.1, 0.15) is 19.4 Å². The van der Waals surface area contributed by atoms with E-state index in [-0.39, 0.29) is 0 Å². The average molecular weight is 223 g/mol. The molecule has 0 aliphatic heterocycles. The molecule has 82 valence electrons. The average Bonchev–Trinajstić information content (AvgIpc) is 2.29. The molecule has 0 aromatic heterocycles. The van der Waals surface area contributed by atoms with Gasteiger partial charge in [-0.1, -0.05) is 37.3 Å². The van der Waals surface area contributed by atoms with E-state index in [2.05, 4.69) is 17.4 Å². The Morgan fingerprint density at radius 1 is 1.40 bits per heavy atom. The van der Waals surface area contributed by atoms with Crippen LogP contribution in [0.15, 0.2) is 41.4 Å². The lowest BCUT2D eigenvalue weighted by Gasteiger charge is -2.03. The number of rotatable bonds is 5. The van der Waals surface area contributed by atoms with Gasteiger partial charge in [0.05, 0.1) is 0 Å². The van der Waals surface area contributed by atoms with Gasteiger partial charge in [-0.2, -0.15) is 0 Å². The molecule has 1 aromatic carbocycles. The van der Waals surface area contributed by atoms with Gasteiger partial charge in [0.1, 0.15) is 0 Å². The lowest BCUT2D eigenvalue weighted by atomic mass is 10.2. The van der Waals surface area contributed by atoms with Gasteiger partial charge in [-0.3, -0.25) is 4.21 Å². The molecule has 0 heterocycles. The fourth-order valence-corrected chi connectivity index (χ4v) is 1.87. The predicted molar refractivity (Wildman–Crippen MR) is 65.7 cm³/mol. The Balaban J connectivity index is 2.42. The second-order valence-corrected chi connectivity index (χ2v) is 5.17. The third-order valence-corrected chi connectivity index (χ3v) is 3.44. The third-order valence-electron chi connectivity index (χ3n) is 2.08. The zero-order valence-corrected chi connectivity index (χ0v) is 10.0. The fraction of sp³-hybridized carbons (Fsp3) is 0.333. The maximum Gasteiger partial charge on any atom is 0.0497 e. The highest BCUT2D eigenvalue weighted by atomic mass is 32.2. The largest absolute Gasteiger partial charge is 0.386 e. The predicted octanol–water partition coefficient (Wildman–Crippen LogP) is 2.41. The first-order valence-electron chi connectivity index (χ1n) is 5.06. The van der Waals surface area contributed by atoms with Crippen molar-refractivity contribution >= 4 is 10.8 Å². The van der Waals surface area contributed by atoms with E-state index in [0.29, 0.717) is 5.75 Å². The monoisotopic (exact) mass is 223 g/mol. The Hall–Kier alpha value is -1.09. The van der Waals surface area contributed by atoms with E-state index in [1.165, 1.54) is 5.56 Å². The molecule has 0 amide bonds. The molecule has 1 aromatic rings. The first-order chi connectivity index (χ1) is 7.24. The second-order valence-electron chi connectivity index (χ2n) is 3.26.